The zero-order chi connectivity index (χ0) is 16.0. The number of sulfone groups is 1. The molecule has 6 nitrogen and oxygen atoms in total. The van der Waals surface area contributed by atoms with Crippen LogP contribution >= 0.6 is 0 Å². The first-order valence-corrected chi connectivity index (χ1v) is 8.61. The summed E-state index contributed by atoms with van der Waals surface area (Å²) in [6.07, 6.45) is 2.29. The molecule has 0 aromatic heterocycles. The van der Waals surface area contributed by atoms with Crippen LogP contribution in [0.2, 0.25) is 0 Å². The summed E-state index contributed by atoms with van der Waals surface area (Å²) in [6, 6.07) is 3.28. The second-order valence-corrected chi connectivity index (χ2v) is 7.10. The first-order chi connectivity index (χ1) is 9.82. The van der Waals surface area contributed by atoms with Crippen LogP contribution in [0.25, 0.3) is 0 Å². The van der Waals surface area contributed by atoms with Gasteiger partial charge in [-0.1, -0.05) is 0 Å². The largest absolute Gasteiger partial charge is 0.493 e. The molecule has 0 radical (unpaired) electrons. The van der Waals surface area contributed by atoms with Crippen molar-refractivity contribution in [1.82, 2.24) is 0 Å². The fourth-order valence-electron chi connectivity index (χ4n) is 2.05. The highest BCUT2D eigenvalue weighted by Gasteiger charge is 2.17. The van der Waals surface area contributed by atoms with Gasteiger partial charge in [0.05, 0.1) is 21.3 Å². The smallest absolute Gasteiger partial charge is 0.203 e. The van der Waals surface area contributed by atoms with E-state index in [9.17, 15) is 8.42 Å². The third kappa shape index (κ3) is 5.09. The van der Waals surface area contributed by atoms with Crippen molar-refractivity contribution in [2.45, 2.75) is 18.9 Å². The van der Waals surface area contributed by atoms with Gasteiger partial charge < -0.3 is 19.9 Å². The molecule has 0 aliphatic heterocycles. The molecule has 21 heavy (non-hydrogen) atoms. The Hall–Kier alpha value is -1.47. The van der Waals surface area contributed by atoms with Crippen LogP contribution < -0.4 is 19.9 Å². The highest BCUT2D eigenvalue weighted by Crippen LogP contribution is 2.39. The summed E-state index contributed by atoms with van der Waals surface area (Å²) in [7, 11) is 1.65. The topological polar surface area (TPSA) is 87.9 Å². The fourth-order valence-corrected chi connectivity index (χ4v) is 2.74. The van der Waals surface area contributed by atoms with Gasteiger partial charge in [-0.25, -0.2) is 8.42 Å². The third-order valence-corrected chi connectivity index (χ3v) is 4.18. The second-order valence-electron chi connectivity index (χ2n) is 4.84. The average molecular weight is 317 g/mol. The molecule has 1 aromatic carbocycles. The molecule has 0 bridgehead atoms. The van der Waals surface area contributed by atoms with Gasteiger partial charge in [0.1, 0.15) is 9.84 Å². The Kier molecular flexibility index (Phi) is 6.29. The zero-order valence-electron chi connectivity index (χ0n) is 12.9. The average Bonchev–Trinajstić information content (AvgIpc) is 2.43. The minimum Gasteiger partial charge on any atom is -0.493 e. The Labute approximate surface area is 126 Å². The SMILES string of the molecule is COc1cc(C(N)CCCS(C)(=O)=O)cc(OC)c1OC. The van der Waals surface area contributed by atoms with E-state index in [0.29, 0.717) is 30.1 Å². The molecule has 0 amide bonds. The van der Waals surface area contributed by atoms with Crippen molar-refractivity contribution in [3.05, 3.63) is 17.7 Å². The van der Waals surface area contributed by atoms with Crippen LogP contribution in [0.4, 0.5) is 0 Å². The van der Waals surface area contributed by atoms with E-state index in [1.165, 1.54) is 27.6 Å². The van der Waals surface area contributed by atoms with Gasteiger partial charge in [0, 0.05) is 18.1 Å². The van der Waals surface area contributed by atoms with Gasteiger partial charge in [0.25, 0.3) is 0 Å². The molecule has 0 heterocycles. The molecule has 1 rings (SSSR count). The Bertz CT molecular complexity index is 546. The van der Waals surface area contributed by atoms with Crippen LogP contribution in [0.1, 0.15) is 24.4 Å². The van der Waals surface area contributed by atoms with Crippen molar-refractivity contribution in [3.63, 3.8) is 0 Å². The summed E-state index contributed by atoms with van der Waals surface area (Å²) >= 11 is 0. The Morgan fingerprint density at radius 1 is 1.10 bits per heavy atom. The van der Waals surface area contributed by atoms with Crippen molar-refractivity contribution in [2.75, 3.05) is 33.3 Å². The molecule has 1 aromatic rings. The zero-order valence-corrected chi connectivity index (χ0v) is 13.7. The van der Waals surface area contributed by atoms with Crippen LogP contribution in [-0.2, 0) is 9.84 Å². The Balaban J connectivity index is 2.91. The second kappa shape index (κ2) is 7.51. The number of ether oxygens (including phenoxy) is 3. The first kappa shape index (κ1) is 17.6. The molecule has 1 atom stereocenters. The number of hydrogen-bond acceptors (Lipinski definition) is 6. The van der Waals surface area contributed by atoms with Gasteiger partial charge in [0.2, 0.25) is 5.75 Å². The molecule has 0 fully saturated rings. The minimum absolute atomic E-state index is 0.130. The maximum Gasteiger partial charge on any atom is 0.203 e. The number of benzene rings is 1. The lowest BCUT2D eigenvalue weighted by molar-refractivity contribution is 0.323. The van der Waals surface area contributed by atoms with Crippen molar-refractivity contribution in [2.24, 2.45) is 5.73 Å². The van der Waals surface area contributed by atoms with E-state index in [0.717, 1.165) is 5.56 Å². The standard InChI is InChI=1S/C14H23NO5S/c1-18-12-8-10(9-13(19-2)14(12)20-3)11(15)6-5-7-21(4,16)17/h8-9,11H,5-7,15H2,1-4H3. The lowest BCUT2D eigenvalue weighted by atomic mass is 10.0. The monoisotopic (exact) mass is 317 g/mol. The number of hydrogen-bond donors (Lipinski definition) is 1. The molecule has 120 valence electrons. The van der Waals surface area contributed by atoms with E-state index in [-0.39, 0.29) is 11.8 Å². The maximum absolute atomic E-state index is 11.1. The van der Waals surface area contributed by atoms with Crippen LogP contribution in [0.5, 0.6) is 17.2 Å². The molecule has 1 unspecified atom stereocenters. The molecule has 0 aliphatic carbocycles. The quantitative estimate of drug-likeness (QED) is 0.782. The lowest BCUT2D eigenvalue weighted by Gasteiger charge is -2.17. The third-order valence-electron chi connectivity index (χ3n) is 3.15. The van der Waals surface area contributed by atoms with Crippen molar-refractivity contribution >= 4 is 9.84 Å². The van der Waals surface area contributed by atoms with Crippen LogP contribution in [0.15, 0.2) is 12.1 Å². The number of nitrogens with two attached hydrogens (primary N) is 1. The van der Waals surface area contributed by atoms with E-state index >= 15 is 0 Å². The van der Waals surface area contributed by atoms with E-state index in [1.807, 2.05) is 0 Å². The van der Waals surface area contributed by atoms with Gasteiger partial charge in [-0.2, -0.15) is 0 Å². The number of rotatable bonds is 8. The van der Waals surface area contributed by atoms with Crippen LogP contribution in [0.3, 0.4) is 0 Å². The van der Waals surface area contributed by atoms with Crippen molar-refractivity contribution in [3.8, 4) is 17.2 Å². The molecular formula is C14H23NO5S. The summed E-state index contributed by atoms with van der Waals surface area (Å²) in [5, 5.41) is 0. The predicted octanol–water partition coefficient (Wildman–Crippen LogP) is 1.54. The molecule has 0 saturated heterocycles. The molecule has 0 aliphatic rings. The van der Waals surface area contributed by atoms with Crippen LogP contribution in [-0.4, -0.2) is 41.8 Å². The van der Waals surface area contributed by atoms with E-state index < -0.39 is 9.84 Å². The molecular weight excluding hydrogens is 294 g/mol. The van der Waals surface area contributed by atoms with Gasteiger partial charge in [0.15, 0.2) is 11.5 Å². The normalized spacial score (nSPS) is 12.8. The number of methoxy groups -OCH3 is 3. The predicted molar refractivity (Wildman–Crippen MR) is 82.0 cm³/mol. The summed E-state index contributed by atoms with van der Waals surface area (Å²) in [5.41, 5.74) is 6.93. The summed E-state index contributed by atoms with van der Waals surface area (Å²) in [5.74, 6) is 1.70. The van der Waals surface area contributed by atoms with E-state index in [2.05, 4.69) is 0 Å². The Morgan fingerprint density at radius 3 is 2.00 bits per heavy atom. The summed E-state index contributed by atoms with van der Waals surface area (Å²) in [4.78, 5) is 0. The lowest BCUT2D eigenvalue weighted by Crippen LogP contribution is -2.13. The van der Waals surface area contributed by atoms with Gasteiger partial charge in [-0.3, -0.25) is 0 Å². The highest BCUT2D eigenvalue weighted by molar-refractivity contribution is 7.90. The van der Waals surface area contributed by atoms with Gasteiger partial charge in [-0.15, -0.1) is 0 Å². The van der Waals surface area contributed by atoms with Gasteiger partial charge in [-0.05, 0) is 30.5 Å². The summed E-state index contributed by atoms with van der Waals surface area (Å²) < 4.78 is 38.1. The van der Waals surface area contributed by atoms with E-state index in [4.69, 9.17) is 19.9 Å². The van der Waals surface area contributed by atoms with Gasteiger partial charge >= 0.3 is 0 Å². The molecule has 2 N–H and O–H groups in total. The van der Waals surface area contributed by atoms with Crippen molar-refractivity contribution in [1.29, 1.82) is 0 Å². The minimum atomic E-state index is -2.96. The van der Waals surface area contributed by atoms with E-state index in [1.54, 1.807) is 12.1 Å². The highest BCUT2D eigenvalue weighted by atomic mass is 32.2. The van der Waals surface area contributed by atoms with Crippen molar-refractivity contribution < 1.29 is 22.6 Å². The Morgan fingerprint density at radius 2 is 1.62 bits per heavy atom. The maximum atomic E-state index is 11.1. The molecule has 0 spiro atoms. The fraction of sp³-hybridized carbons (Fsp3) is 0.571. The molecule has 0 saturated carbocycles. The summed E-state index contributed by atoms with van der Waals surface area (Å²) in [6.45, 7) is 0. The first-order valence-electron chi connectivity index (χ1n) is 6.55. The van der Waals surface area contributed by atoms with Crippen LogP contribution in [0, 0.1) is 0 Å². The molecule has 7 heteroatoms.